The van der Waals surface area contributed by atoms with Gasteiger partial charge in [-0.05, 0) is 45.6 Å². The Morgan fingerprint density at radius 2 is 1.85 bits per heavy atom. The van der Waals surface area contributed by atoms with Crippen molar-refractivity contribution in [1.82, 2.24) is 0 Å². The van der Waals surface area contributed by atoms with E-state index in [1.165, 1.54) is 6.04 Å². The minimum Gasteiger partial charge on any atom is -0.458 e. The van der Waals surface area contributed by atoms with Gasteiger partial charge in [0.25, 0.3) is 0 Å². The van der Waals surface area contributed by atoms with Gasteiger partial charge >= 0.3 is 0 Å². The summed E-state index contributed by atoms with van der Waals surface area (Å²) in [6.07, 6.45) is 1.16. The quantitative estimate of drug-likeness (QED) is 0.485. The third kappa shape index (κ3) is 8.68. The molecule has 2 nitrogen and oxygen atoms in total. The maximum atomic E-state index is 6.04. The molecule has 0 radical (unpaired) electrons. The fraction of sp³-hybridized carbons (Fsp3) is 1.00. The zero-order valence-electron chi connectivity index (χ0n) is 9.72. The average Bonchev–Trinajstić information content (AvgIpc) is 1.95. The van der Waals surface area contributed by atoms with E-state index >= 15 is 0 Å². The molecule has 0 aromatic carbocycles. The molecule has 80 valence electrons. The second-order valence-electron chi connectivity index (χ2n) is 4.23. The summed E-state index contributed by atoms with van der Waals surface area (Å²) in [6, 6.07) is 1.23. The molecule has 0 saturated carbocycles. The standard InChI is InChI=1S/C9H24O2Si2/c1-6-10-8-7-9-13(4,5)11-12(2)3/h12H,6-9H2,1-5H3. The molecule has 0 spiro atoms. The lowest BCUT2D eigenvalue weighted by molar-refractivity contribution is 0.147. The van der Waals surface area contributed by atoms with Crippen LogP contribution in [0.3, 0.4) is 0 Å². The highest BCUT2D eigenvalue weighted by Gasteiger charge is 2.22. The van der Waals surface area contributed by atoms with Gasteiger partial charge in [-0.15, -0.1) is 0 Å². The molecule has 0 fully saturated rings. The van der Waals surface area contributed by atoms with E-state index in [1.54, 1.807) is 0 Å². The first kappa shape index (κ1) is 13.4. The van der Waals surface area contributed by atoms with Gasteiger partial charge in [-0.3, -0.25) is 0 Å². The molecule has 0 unspecified atom stereocenters. The fourth-order valence-electron chi connectivity index (χ4n) is 1.44. The first-order valence-electron chi connectivity index (χ1n) is 5.23. The zero-order chi connectivity index (χ0) is 10.3. The lowest BCUT2D eigenvalue weighted by Gasteiger charge is -2.25. The lowest BCUT2D eigenvalue weighted by Crippen LogP contribution is -2.35. The van der Waals surface area contributed by atoms with Crippen molar-refractivity contribution < 1.29 is 8.85 Å². The van der Waals surface area contributed by atoms with Crippen molar-refractivity contribution >= 4 is 17.4 Å². The highest BCUT2D eigenvalue weighted by atomic mass is 28.4. The van der Waals surface area contributed by atoms with Gasteiger partial charge in [0.2, 0.25) is 0 Å². The van der Waals surface area contributed by atoms with Crippen LogP contribution < -0.4 is 0 Å². The summed E-state index contributed by atoms with van der Waals surface area (Å²) in [5.41, 5.74) is 0. The Hall–Kier alpha value is 0.354. The molecule has 0 aliphatic heterocycles. The number of hydrogen-bond acceptors (Lipinski definition) is 2. The first-order valence-corrected chi connectivity index (χ1v) is 11.1. The Morgan fingerprint density at radius 1 is 1.23 bits per heavy atom. The average molecular weight is 220 g/mol. The summed E-state index contributed by atoms with van der Waals surface area (Å²) in [4.78, 5) is 0. The van der Waals surface area contributed by atoms with Gasteiger partial charge in [0.15, 0.2) is 17.4 Å². The van der Waals surface area contributed by atoms with Crippen LogP contribution in [0.25, 0.3) is 0 Å². The summed E-state index contributed by atoms with van der Waals surface area (Å²) < 4.78 is 11.4. The molecule has 0 rings (SSSR count). The van der Waals surface area contributed by atoms with Crippen molar-refractivity contribution in [1.29, 1.82) is 0 Å². The van der Waals surface area contributed by atoms with Crippen molar-refractivity contribution in [2.45, 2.75) is 45.6 Å². The van der Waals surface area contributed by atoms with Crippen LogP contribution in [0.5, 0.6) is 0 Å². The second kappa shape index (κ2) is 6.76. The Labute approximate surface area is 85.5 Å². The minimum atomic E-state index is -1.33. The van der Waals surface area contributed by atoms with Gasteiger partial charge in [-0.2, -0.15) is 0 Å². The highest BCUT2D eigenvalue weighted by Crippen LogP contribution is 2.14. The minimum absolute atomic E-state index is 0.833. The van der Waals surface area contributed by atoms with Gasteiger partial charge in [-0.25, -0.2) is 0 Å². The van der Waals surface area contributed by atoms with E-state index in [2.05, 4.69) is 26.2 Å². The van der Waals surface area contributed by atoms with Crippen molar-refractivity contribution in [2.75, 3.05) is 13.2 Å². The molecule has 0 aliphatic rings. The molecule has 0 atom stereocenters. The van der Waals surface area contributed by atoms with Crippen LogP contribution in [-0.4, -0.2) is 30.6 Å². The van der Waals surface area contributed by atoms with Gasteiger partial charge in [0, 0.05) is 13.2 Å². The van der Waals surface area contributed by atoms with Gasteiger partial charge in [-0.1, -0.05) is 0 Å². The third-order valence-corrected chi connectivity index (χ3v) is 7.82. The molecule has 0 aromatic rings. The molecule has 0 N–H and O–H groups in total. The maximum absolute atomic E-state index is 6.04. The van der Waals surface area contributed by atoms with Crippen molar-refractivity contribution in [3.05, 3.63) is 0 Å². The van der Waals surface area contributed by atoms with E-state index < -0.39 is 17.4 Å². The number of hydrogen-bond donors (Lipinski definition) is 0. The van der Waals surface area contributed by atoms with E-state index in [0.29, 0.717) is 0 Å². The summed E-state index contributed by atoms with van der Waals surface area (Å²) in [5, 5.41) is 0. The maximum Gasteiger partial charge on any atom is 0.173 e. The molecule has 0 bridgehead atoms. The number of ether oxygens (including phenoxy) is 1. The highest BCUT2D eigenvalue weighted by molar-refractivity contribution is 6.77. The zero-order valence-corrected chi connectivity index (χ0v) is 11.9. The van der Waals surface area contributed by atoms with Crippen LogP contribution in [0.1, 0.15) is 13.3 Å². The summed E-state index contributed by atoms with van der Waals surface area (Å²) >= 11 is 0. The molecule has 0 saturated heterocycles. The van der Waals surface area contributed by atoms with Crippen LogP contribution in [0.4, 0.5) is 0 Å². The molecular formula is C9H24O2Si2. The monoisotopic (exact) mass is 220 g/mol. The van der Waals surface area contributed by atoms with Gasteiger partial charge in [0.05, 0.1) is 0 Å². The Kier molecular flexibility index (Phi) is 6.94. The summed E-state index contributed by atoms with van der Waals surface area (Å²) in [6.45, 7) is 12.9. The van der Waals surface area contributed by atoms with Crippen molar-refractivity contribution in [3.63, 3.8) is 0 Å². The van der Waals surface area contributed by atoms with Crippen molar-refractivity contribution in [2.24, 2.45) is 0 Å². The Morgan fingerprint density at radius 3 is 2.31 bits per heavy atom. The summed E-state index contributed by atoms with van der Waals surface area (Å²) in [5.74, 6) is 0. The summed E-state index contributed by atoms with van der Waals surface area (Å²) in [7, 11) is -2.17. The Bertz CT molecular complexity index is 127. The predicted molar refractivity (Wildman–Crippen MR) is 63.4 cm³/mol. The van der Waals surface area contributed by atoms with Gasteiger partial charge < -0.3 is 8.85 Å². The van der Waals surface area contributed by atoms with Crippen LogP contribution in [-0.2, 0) is 8.85 Å². The second-order valence-corrected chi connectivity index (χ2v) is 11.3. The SMILES string of the molecule is CCOCCC[Si](C)(C)O[SiH](C)C. The molecular weight excluding hydrogens is 196 g/mol. The van der Waals surface area contributed by atoms with E-state index in [-0.39, 0.29) is 0 Å². The smallest absolute Gasteiger partial charge is 0.173 e. The molecule has 13 heavy (non-hydrogen) atoms. The largest absolute Gasteiger partial charge is 0.458 e. The molecule has 4 heteroatoms. The normalized spacial score (nSPS) is 12.5. The molecule has 0 aromatic heterocycles. The third-order valence-electron chi connectivity index (χ3n) is 1.83. The van der Waals surface area contributed by atoms with Crippen LogP contribution in [0.15, 0.2) is 0 Å². The van der Waals surface area contributed by atoms with Crippen LogP contribution >= 0.6 is 0 Å². The van der Waals surface area contributed by atoms with E-state index in [4.69, 9.17) is 8.85 Å². The van der Waals surface area contributed by atoms with E-state index in [1.807, 2.05) is 6.92 Å². The lowest BCUT2D eigenvalue weighted by atomic mass is 10.5. The topological polar surface area (TPSA) is 18.5 Å². The molecule has 0 aliphatic carbocycles. The van der Waals surface area contributed by atoms with Crippen LogP contribution in [0, 0.1) is 0 Å². The first-order chi connectivity index (χ1) is 5.98. The van der Waals surface area contributed by atoms with E-state index in [0.717, 1.165) is 19.6 Å². The van der Waals surface area contributed by atoms with Crippen molar-refractivity contribution in [3.8, 4) is 0 Å². The van der Waals surface area contributed by atoms with Gasteiger partial charge in [0.1, 0.15) is 0 Å². The fourth-order valence-corrected chi connectivity index (χ4v) is 8.01. The van der Waals surface area contributed by atoms with E-state index in [9.17, 15) is 0 Å². The van der Waals surface area contributed by atoms with Crippen LogP contribution in [0.2, 0.25) is 32.2 Å². The Balaban J connectivity index is 3.50. The number of rotatable bonds is 7. The molecule has 0 amide bonds. The molecule has 0 heterocycles. The predicted octanol–water partition coefficient (Wildman–Crippen LogP) is 2.62.